The Morgan fingerprint density at radius 1 is 1.29 bits per heavy atom. The third kappa shape index (κ3) is 5.84. The topological polar surface area (TPSA) is 89.0 Å². The van der Waals surface area contributed by atoms with Gasteiger partial charge in [0.2, 0.25) is 0 Å². The van der Waals surface area contributed by atoms with E-state index < -0.39 is 5.97 Å². The van der Waals surface area contributed by atoms with Crippen LogP contribution in [0.4, 0.5) is 4.79 Å². The summed E-state index contributed by atoms with van der Waals surface area (Å²) in [6, 6.07) is 5.73. The van der Waals surface area contributed by atoms with Gasteiger partial charge in [-0.3, -0.25) is 4.79 Å². The Labute approximate surface area is 209 Å². The van der Waals surface area contributed by atoms with Crippen molar-refractivity contribution in [3.05, 3.63) is 33.8 Å². The van der Waals surface area contributed by atoms with Crippen LogP contribution in [0.25, 0.3) is 10.6 Å². The molecule has 2 aromatic heterocycles. The Kier molecular flexibility index (Phi) is 7.67. The fourth-order valence-corrected chi connectivity index (χ4v) is 5.70. The molecule has 9 heteroatoms. The normalized spacial score (nSPS) is 21.1. The van der Waals surface area contributed by atoms with E-state index >= 15 is 0 Å². The zero-order valence-electron chi connectivity index (χ0n) is 19.8. The first-order valence-corrected chi connectivity index (χ1v) is 13.0. The van der Waals surface area contributed by atoms with Gasteiger partial charge in [-0.05, 0) is 76.5 Å². The van der Waals surface area contributed by atoms with Crippen LogP contribution >= 0.6 is 22.9 Å². The van der Waals surface area contributed by atoms with E-state index in [4.69, 9.17) is 26.1 Å². The quantitative estimate of drug-likeness (QED) is 0.461. The maximum Gasteiger partial charge on any atom is 0.410 e. The highest BCUT2D eigenvalue weighted by Crippen LogP contribution is 2.38. The Bertz CT molecular complexity index is 1050. The molecule has 1 amide bonds. The SMILES string of the molecule is Cc1nc(-c2sc(Cl)cc2COC(=O)N(C)[C@H](C)C2CC2)ccc1O[C@H]1CCC[C@H](C(=O)O)C1. The lowest BCUT2D eigenvalue weighted by Gasteiger charge is -2.27. The molecule has 2 fully saturated rings. The fraction of sp³-hybridized carbons (Fsp3) is 0.560. The lowest BCUT2D eigenvalue weighted by molar-refractivity contribution is -0.143. The molecule has 34 heavy (non-hydrogen) atoms. The van der Waals surface area contributed by atoms with Crippen LogP contribution in [0.5, 0.6) is 5.75 Å². The molecule has 1 N–H and O–H groups in total. The maximum absolute atomic E-state index is 12.5. The van der Waals surface area contributed by atoms with Gasteiger partial charge >= 0.3 is 12.1 Å². The van der Waals surface area contributed by atoms with Gasteiger partial charge in [0.05, 0.1) is 32.6 Å². The van der Waals surface area contributed by atoms with Gasteiger partial charge in [0.25, 0.3) is 0 Å². The second-order valence-corrected chi connectivity index (χ2v) is 11.1. The summed E-state index contributed by atoms with van der Waals surface area (Å²) in [5, 5.41) is 9.32. The van der Waals surface area contributed by atoms with E-state index in [0.717, 1.165) is 47.5 Å². The number of halogens is 1. The van der Waals surface area contributed by atoms with Crippen molar-refractivity contribution in [1.29, 1.82) is 0 Å². The molecule has 2 aliphatic rings. The standard InChI is InChI=1S/C25H31ClN2O5S/c1-14-21(33-19-6-4-5-17(11-19)24(29)30)10-9-20(27-14)23-18(12-22(26)34-23)13-32-25(31)28(3)15(2)16-7-8-16/h9-10,12,15-17,19H,4-8,11,13H2,1-3H3,(H,29,30)/t15-,17+,19+/m1/s1. The third-order valence-corrected chi connectivity index (χ3v) is 8.20. The number of carboxylic acids is 1. The van der Waals surface area contributed by atoms with Crippen molar-refractivity contribution in [2.75, 3.05) is 7.05 Å². The van der Waals surface area contributed by atoms with Crippen molar-refractivity contribution >= 4 is 35.0 Å². The van der Waals surface area contributed by atoms with Crippen molar-refractivity contribution in [1.82, 2.24) is 9.88 Å². The van der Waals surface area contributed by atoms with Crippen molar-refractivity contribution in [2.24, 2.45) is 11.8 Å². The minimum Gasteiger partial charge on any atom is -0.489 e. The number of hydrogen-bond acceptors (Lipinski definition) is 6. The molecule has 2 aromatic rings. The average molecular weight is 507 g/mol. The molecule has 0 radical (unpaired) electrons. The lowest BCUT2D eigenvalue weighted by atomic mass is 9.87. The second-order valence-electron chi connectivity index (χ2n) is 9.37. The number of carboxylic acid groups (broad SMARTS) is 1. The largest absolute Gasteiger partial charge is 0.489 e. The van der Waals surface area contributed by atoms with Crippen LogP contribution in [0, 0.1) is 18.8 Å². The zero-order chi connectivity index (χ0) is 24.4. The fourth-order valence-electron chi connectivity index (χ4n) is 4.48. The zero-order valence-corrected chi connectivity index (χ0v) is 21.3. The molecule has 0 spiro atoms. The Morgan fingerprint density at radius 2 is 2.06 bits per heavy atom. The van der Waals surface area contributed by atoms with Crippen LogP contribution < -0.4 is 4.74 Å². The van der Waals surface area contributed by atoms with Gasteiger partial charge in [0.1, 0.15) is 12.4 Å². The predicted octanol–water partition coefficient (Wildman–Crippen LogP) is 6.16. The highest BCUT2D eigenvalue weighted by Gasteiger charge is 2.33. The number of aryl methyl sites for hydroxylation is 1. The molecule has 4 rings (SSSR count). The minimum absolute atomic E-state index is 0.122. The van der Waals surface area contributed by atoms with E-state index in [1.807, 2.05) is 25.1 Å². The van der Waals surface area contributed by atoms with Gasteiger partial charge in [-0.25, -0.2) is 9.78 Å². The Morgan fingerprint density at radius 3 is 2.74 bits per heavy atom. The summed E-state index contributed by atoms with van der Waals surface area (Å²) >= 11 is 7.69. The molecule has 0 bridgehead atoms. The number of amides is 1. The molecule has 0 unspecified atom stereocenters. The highest BCUT2D eigenvalue weighted by molar-refractivity contribution is 7.19. The molecule has 2 aliphatic carbocycles. The van der Waals surface area contributed by atoms with Crippen LogP contribution in [-0.4, -0.2) is 46.2 Å². The van der Waals surface area contributed by atoms with Gasteiger partial charge in [-0.15, -0.1) is 11.3 Å². The number of thiophene rings is 1. The van der Waals surface area contributed by atoms with E-state index in [1.54, 1.807) is 11.9 Å². The summed E-state index contributed by atoms with van der Waals surface area (Å²) in [6.07, 6.45) is 4.76. The number of aliphatic carboxylic acids is 1. The van der Waals surface area contributed by atoms with Crippen molar-refractivity contribution in [3.63, 3.8) is 0 Å². The van der Waals surface area contributed by atoms with Crippen LogP contribution in [-0.2, 0) is 16.1 Å². The lowest BCUT2D eigenvalue weighted by Crippen LogP contribution is -2.36. The van der Waals surface area contributed by atoms with Gasteiger partial charge in [-0.1, -0.05) is 11.6 Å². The summed E-state index contributed by atoms with van der Waals surface area (Å²) in [5.41, 5.74) is 2.27. The molecule has 0 aromatic carbocycles. The first-order valence-electron chi connectivity index (χ1n) is 11.8. The second kappa shape index (κ2) is 10.5. The van der Waals surface area contributed by atoms with Crippen LogP contribution in [0.1, 0.15) is 56.7 Å². The van der Waals surface area contributed by atoms with Gasteiger partial charge in [0, 0.05) is 18.7 Å². The Balaban J connectivity index is 1.42. The maximum atomic E-state index is 12.5. The molecular formula is C25H31ClN2O5S. The molecule has 0 aliphatic heterocycles. The first kappa shape index (κ1) is 24.8. The number of carbonyl (C=O) groups excluding carboxylic acids is 1. The van der Waals surface area contributed by atoms with Crippen LogP contribution in [0.15, 0.2) is 18.2 Å². The van der Waals surface area contributed by atoms with Gasteiger partial charge in [-0.2, -0.15) is 0 Å². The number of hydrogen-bond donors (Lipinski definition) is 1. The van der Waals surface area contributed by atoms with E-state index in [1.165, 1.54) is 11.3 Å². The summed E-state index contributed by atoms with van der Waals surface area (Å²) < 4.78 is 12.3. The highest BCUT2D eigenvalue weighted by atomic mass is 35.5. The first-order chi connectivity index (χ1) is 16.2. The summed E-state index contributed by atoms with van der Waals surface area (Å²) in [5.74, 6) is 0.122. The van der Waals surface area contributed by atoms with Gasteiger partial charge in [0.15, 0.2) is 0 Å². The van der Waals surface area contributed by atoms with Crippen molar-refractivity contribution in [2.45, 2.75) is 71.1 Å². The molecule has 2 heterocycles. The predicted molar refractivity (Wildman–Crippen MR) is 131 cm³/mol. The molecule has 2 saturated carbocycles. The summed E-state index contributed by atoms with van der Waals surface area (Å²) in [6.45, 7) is 4.05. The molecule has 184 valence electrons. The monoisotopic (exact) mass is 506 g/mol. The van der Waals surface area contributed by atoms with Crippen LogP contribution in [0.2, 0.25) is 4.34 Å². The smallest absolute Gasteiger partial charge is 0.410 e. The third-order valence-electron chi connectivity index (χ3n) is 6.87. The van der Waals surface area contributed by atoms with E-state index in [0.29, 0.717) is 28.8 Å². The average Bonchev–Trinajstić information content (AvgIpc) is 3.60. The van der Waals surface area contributed by atoms with Crippen molar-refractivity contribution < 1.29 is 24.2 Å². The number of rotatable bonds is 8. The van der Waals surface area contributed by atoms with Crippen molar-refractivity contribution in [3.8, 4) is 16.3 Å². The molecule has 7 nitrogen and oxygen atoms in total. The molecule has 3 atom stereocenters. The number of nitrogens with zero attached hydrogens (tertiary/aromatic N) is 2. The number of carbonyl (C=O) groups is 2. The number of ether oxygens (including phenoxy) is 2. The van der Waals surface area contributed by atoms with Crippen LogP contribution in [0.3, 0.4) is 0 Å². The van der Waals surface area contributed by atoms with E-state index in [2.05, 4.69) is 6.92 Å². The summed E-state index contributed by atoms with van der Waals surface area (Å²) in [4.78, 5) is 31.1. The van der Waals surface area contributed by atoms with E-state index in [9.17, 15) is 14.7 Å². The van der Waals surface area contributed by atoms with E-state index in [-0.39, 0.29) is 30.8 Å². The number of aromatic nitrogens is 1. The molecule has 0 saturated heterocycles. The molecular weight excluding hydrogens is 476 g/mol. The minimum atomic E-state index is -0.755. The van der Waals surface area contributed by atoms with Gasteiger partial charge < -0.3 is 19.5 Å². The Hall–Kier alpha value is -2.32. The number of pyridine rings is 1. The summed E-state index contributed by atoms with van der Waals surface area (Å²) in [7, 11) is 1.78.